The molecule has 1 fully saturated rings. The second-order valence-corrected chi connectivity index (χ2v) is 6.28. The van der Waals surface area contributed by atoms with E-state index in [1.165, 1.54) is 28.3 Å². The molecule has 0 bridgehead atoms. The standard InChI is InChI=1S/C16H17Br/c1-10-7-8-14(16(17)15-9-11(15)2)13-6-4-3-5-12(10)13/h3-8,11,15-16H,9H2,1-2H3. The second kappa shape index (κ2) is 4.13. The fourth-order valence-corrected chi connectivity index (χ4v) is 3.84. The minimum absolute atomic E-state index is 0.517. The number of hydrogen-bond donors (Lipinski definition) is 0. The third-order valence-electron chi connectivity index (χ3n) is 4.02. The zero-order valence-corrected chi connectivity index (χ0v) is 11.9. The lowest BCUT2D eigenvalue weighted by Gasteiger charge is -2.14. The van der Waals surface area contributed by atoms with Gasteiger partial charge in [-0.2, -0.15) is 0 Å². The lowest BCUT2D eigenvalue weighted by atomic mass is 9.96. The van der Waals surface area contributed by atoms with E-state index in [0.717, 1.165) is 11.8 Å². The van der Waals surface area contributed by atoms with Crippen molar-refractivity contribution in [3.63, 3.8) is 0 Å². The van der Waals surface area contributed by atoms with Gasteiger partial charge in [0.2, 0.25) is 0 Å². The Morgan fingerprint density at radius 2 is 1.76 bits per heavy atom. The SMILES string of the molecule is Cc1ccc(C(Br)C2CC2C)c2ccccc12. The maximum Gasteiger partial charge on any atom is 0.0432 e. The normalized spacial score (nSPS) is 24.9. The van der Waals surface area contributed by atoms with Crippen LogP contribution < -0.4 is 0 Å². The first-order chi connectivity index (χ1) is 8.18. The average molecular weight is 289 g/mol. The number of fused-ring (bicyclic) bond motifs is 1. The Morgan fingerprint density at radius 3 is 2.41 bits per heavy atom. The number of halogens is 1. The Hall–Kier alpha value is -0.820. The smallest absolute Gasteiger partial charge is 0.0432 e. The van der Waals surface area contributed by atoms with Gasteiger partial charge in [-0.1, -0.05) is 59.3 Å². The molecule has 0 heterocycles. The molecule has 0 spiro atoms. The minimum atomic E-state index is 0.517. The van der Waals surface area contributed by atoms with E-state index in [-0.39, 0.29) is 0 Å². The van der Waals surface area contributed by atoms with Gasteiger partial charge in [-0.3, -0.25) is 0 Å². The van der Waals surface area contributed by atoms with Crippen molar-refractivity contribution in [1.29, 1.82) is 0 Å². The predicted molar refractivity (Wildman–Crippen MR) is 77.6 cm³/mol. The van der Waals surface area contributed by atoms with E-state index in [1.54, 1.807) is 0 Å². The van der Waals surface area contributed by atoms with Gasteiger partial charge in [0.1, 0.15) is 0 Å². The van der Waals surface area contributed by atoms with E-state index >= 15 is 0 Å². The number of benzene rings is 2. The van der Waals surface area contributed by atoms with Crippen LogP contribution in [-0.2, 0) is 0 Å². The molecule has 88 valence electrons. The topological polar surface area (TPSA) is 0 Å². The Bertz CT molecular complexity index is 558. The van der Waals surface area contributed by atoms with E-state index in [1.807, 2.05) is 0 Å². The molecule has 2 aromatic carbocycles. The molecule has 3 rings (SSSR count). The number of aryl methyl sites for hydroxylation is 1. The summed E-state index contributed by atoms with van der Waals surface area (Å²) in [6, 6.07) is 13.3. The minimum Gasteiger partial charge on any atom is -0.0835 e. The Kier molecular flexibility index (Phi) is 2.74. The van der Waals surface area contributed by atoms with Crippen LogP contribution in [0.1, 0.15) is 29.3 Å². The van der Waals surface area contributed by atoms with Gasteiger partial charge in [-0.15, -0.1) is 0 Å². The molecule has 17 heavy (non-hydrogen) atoms. The van der Waals surface area contributed by atoms with Crippen LogP contribution in [0, 0.1) is 18.8 Å². The maximum absolute atomic E-state index is 3.90. The number of hydrogen-bond acceptors (Lipinski definition) is 0. The highest BCUT2D eigenvalue weighted by Gasteiger charge is 2.39. The molecule has 3 unspecified atom stereocenters. The highest BCUT2D eigenvalue weighted by molar-refractivity contribution is 9.09. The van der Waals surface area contributed by atoms with Crippen molar-refractivity contribution in [2.24, 2.45) is 11.8 Å². The van der Waals surface area contributed by atoms with Crippen LogP contribution in [0.25, 0.3) is 10.8 Å². The molecule has 3 atom stereocenters. The summed E-state index contributed by atoms with van der Waals surface area (Å²) >= 11 is 3.90. The van der Waals surface area contributed by atoms with Crippen LogP contribution in [-0.4, -0.2) is 0 Å². The van der Waals surface area contributed by atoms with Crippen LogP contribution in [0.2, 0.25) is 0 Å². The number of rotatable bonds is 2. The third-order valence-corrected chi connectivity index (χ3v) is 5.19. The maximum atomic E-state index is 3.90. The van der Waals surface area contributed by atoms with E-state index in [4.69, 9.17) is 0 Å². The van der Waals surface area contributed by atoms with Gasteiger partial charge < -0.3 is 0 Å². The molecule has 0 saturated heterocycles. The Morgan fingerprint density at radius 1 is 1.12 bits per heavy atom. The molecule has 2 aromatic rings. The molecule has 1 saturated carbocycles. The quantitative estimate of drug-likeness (QED) is 0.663. The molecular formula is C16H17Br. The van der Waals surface area contributed by atoms with Crippen LogP contribution in [0.15, 0.2) is 36.4 Å². The predicted octanol–water partition coefficient (Wildman–Crippen LogP) is 5.24. The lowest BCUT2D eigenvalue weighted by Crippen LogP contribution is -1.96. The Labute approximate surface area is 111 Å². The summed E-state index contributed by atoms with van der Waals surface area (Å²) < 4.78 is 0. The summed E-state index contributed by atoms with van der Waals surface area (Å²) in [4.78, 5) is 0.517. The van der Waals surface area contributed by atoms with E-state index in [0.29, 0.717) is 4.83 Å². The van der Waals surface area contributed by atoms with Gasteiger partial charge in [0.15, 0.2) is 0 Å². The first-order valence-electron chi connectivity index (χ1n) is 6.31. The number of alkyl halides is 1. The summed E-state index contributed by atoms with van der Waals surface area (Å²) in [5.74, 6) is 1.69. The van der Waals surface area contributed by atoms with Gasteiger partial charge in [0, 0.05) is 4.83 Å². The molecule has 1 heteroatoms. The zero-order valence-electron chi connectivity index (χ0n) is 10.3. The van der Waals surface area contributed by atoms with Crippen molar-refractivity contribution in [2.75, 3.05) is 0 Å². The molecule has 0 nitrogen and oxygen atoms in total. The van der Waals surface area contributed by atoms with Crippen molar-refractivity contribution in [3.8, 4) is 0 Å². The van der Waals surface area contributed by atoms with Crippen molar-refractivity contribution in [2.45, 2.75) is 25.1 Å². The molecule has 0 N–H and O–H groups in total. The molecule has 0 amide bonds. The van der Waals surface area contributed by atoms with Crippen LogP contribution in [0.5, 0.6) is 0 Å². The van der Waals surface area contributed by atoms with Gasteiger partial charge in [0.05, 0.1) is 0 Å². The van der Waals surface area contributed by atoms with Gasteiger partial charge >= 0.3 is 0 Å². The highest BCUT2D eigenvalue weighted by Crippen LogP contribution is 2.52. The average Bonchev–Trinajstić information content (AvgIpc) is 3.07. The molecule has 0 aromatic heterocycles. The molecule has 1 aliphatic rings. The lowest BCUT2D eigenvalue weighted by molar-refractivity contribution is 0.744. The van der Waals surface area contributed by atoms with Crippen molar-refractivity contribution in [1.82, 2.24) is 0 Å². The van der Waals surface area contributed by atoms with Crippen LogP contribution in [0.4, 0.5) is 0 Å². The highest BCUT2D eigenvalue weighted by atomic mass is 79.9. The fourth-order valence-electron chi connectivity index (χ4n) is 2.70. The van der Waals surface area contributed by atoms with Gasteiger partial charge in [0.25, 0.3) is 0 Å². The molecular weight excluding hydrogens is 272 g/mol. The second-order valence-electron chi connectivity index (χ2n) is 5.30. The van der Waals surface area contributed by atoms with Crippen molar-refractivity contribution < 1.29 is 0 Å². The van der Waals surface area contributed by atoms with E-state index in [2.05, 4.69) is 66.2 Å². The van der Waals surface area contributed by atoms with Gasteiger partial charge in [-0.25, -0.2) is 0 Å². The molecule has 0 radical (unpaired) electrons. The third kappa shape index (κ3) is 1.91. The van der Waals surface area contributed by atoms with E-state index < -0.39 is 0 Å². The van der Waals surface area contributed by atoms with E-state index in [9.17, 15) is 0 Å². The first kappa shape index (κ1) is 11.3. The van der Waals surface area contributed by atoms with Gasteiger partial charge in [-0.05, 0) is 47.1 Å². The Balaban J connectivity index is 2.13. The van der Waals surface area contributed by atoms with Crippen LogP contribution >= 0.6 is 15.9 Å². The molecule has 1 aliphatic carbocycles. The largest absolute Gasteiger partial charge is 0.0835 e. The van der Waals surface area contributed by atoms with Crippen molar-refractivity contribution in [3.05, 3.63) is 47.5 Å². The summed E-state index contributed by atoms with van der Waals surface area (Å²) in [7, 11) is 0. The monoisotopic (exact) mass is 288 g/mol. The van der Waals surface area contributed by atoms with Crippen molar-refractivity contribution >= 4 is 26.7 Å². The first-order valence-corrected chi connectivity index (χ1v) is 7.22. The summed E-state index contributed by atoms with van der Waals surface area (Å²) in [5, 5.41) is 2.80. The summed E-state index contributed by atoms with van der Waals surface area (Å²) in [6.45, 7) is 4.53. The zero-order chi connectivity index (χ0) is 12.0. The summed E-state index contributed by atoms with van der Waals surface area (Å²) in [6.07, 6.45) is 1.36. The molecule has 0 aliphatic heterocycles. The van der Waals surface area contributed by atoms with Crippen LogP contribution in [0.3, 0.4) is 0 Å². The fraction of sp³-hybridized carbons (Fsp3) is 0.375. The summed E-state index contributed by atoms with van der Waals surface area (Å²) in [5.41, 5.74) is 2.83.